The van der Waals surface area contributed by atoms with Crippen LogP contribution in [0.25, 0.3) is 10.9 Å². The SMILES string of the molecule is CCCCN1CC(C(CO)c2cc(F)c([C@@H]3c4[nH]c5ccccc5c4C[C@@H](C)N3CC(F)(F)CO)c(F)c2)C1. The van der Waals surface area contributed by atoms with E-state index in [0.717, 1.165) is 48.9 Å². The summed E-state index contributed by atoms with van der Waals surface area (Å²) in [5, 5.41) is 20.3. The highest BCUT2D eigenvalue weighted by atomic mass is 19.3. The maximum absolute atomic E-state index is 16.0. The zero-order valence-corrected chi connectivity index (χ0v) is 22.4. The van der Waals surface area contributed by atoms with E-state index in [1.807, 2.05) is 24.3 Å². The first-order chi connectivity index (χ1) is 18.7. The number of unbranched alkanes of at least 4 members (excludes halogenated alkanes) is 1. The molecule has 0 bridgehead atoms. The first kappa shape index (κ1) is 28.1. The number of aliphatic hydroxyl groups excluding tert-OH is 2. The Morgan fingerprint density at radius 2 is 1.79 bits per heavy atom. The second kappa shape index (κ2) is 11.2. The highest BCUT2D eigenvalue weighted by Crippen LogP contribution is 2.44. The quantitative estimate of drug-likeness (QED) is 0.305. The second-order valence-electron chi connectivity index (χ2n) is 11.3. The molecule has 5 nitrogen and oxygen atoms in total. The molecule has 2 aliphatic rings. The van der Waals surface area contributed by atoms with Crippen LogP contribution < -0.4 is 0 Å². The van der Waals surface area contributed by atoms with Crippen molar-refractivity contribution in [2.75, 3.05) is 39.4 Å². The number of hydrogen-bond donors (Lipinski definition) is 3. The van der Waals surface area contributed by atoms with Crippen molar-refractivity contribution < 1.29 is 27.8 Å². The smallest absolute Gasteiger partial charge is 0.283 e. The third kappa shape index (κ3) is 5.34. The molecule has 0 aliphatic carbocycles. The molecule has 1 aromatic heterocycles. The standard InChI is InChI=1S/C30H37F4N3O2/c1-3-4-9-36-13-20(14-36)23(15-38)19-11-24(31)27(25(32)12-19)29-28-22(21-7-5-6-8-26(21)35-28)10-18(2)37(29)16-30(33,34)17-39/h5-8,11-12,18,20,23,29,35,38-39H,3-4,9-10,13-17H2,1-2H3/t18-,23?,29-/m1/s1. The van der Waals surface area contributed by atoms with E-state index in [0.29, 0.717) is 17.7 Å². The molecule has 0 amide bonds. The lowest BCUT2D eigenvalue weighted by Gasteiger charge is -2.44. The highest BCUT2D eigenvalue weighted by molar-refractivity contribution is 5.85. The topological polar surface area (TPSA) is 62.7 Å². The Morgan fingerprint density at radius 3 is 2.44 bits per heavy atom. The lowest BCUT2D eigenvalue weighted by Crippen LogP contribution is -2.50. The van der Waals surface area contributed by atoms with Gasteiger partial charge in [0.15, 0.2) is 0 Å². The van der Waals surface area contributed by atoms with Crippen molar-refractivity contribution in [2.24, 2.45) is 5.92 Å². The van der Waals surface area contributed by atoms with E-state index in [2.05, 4.69) is 16.8 Å². The first-order valence-electron chi connectivity index (χ1n) is 13.8. The van der Waals surface area contributed by atoms with E-state index >= 15 is 8.78 Å². The first-order valence-corrected chi connectivity index (χ1v) is 13.8. The second-order valence-corrected chi connectivity index (χ2v) is 11.3. The Morgan fingerprint density at radius 1 is 1.10 bits per heavy atom. The molecule has 0 saturated carbocycles. The number of benzene rings is 2. The summed E-state index contributed by atoms with van der Waals surface area (Å²) in [6.07, 6.45) is 2.58. The fraction of sp³-hybridized carbons (Fsp3) is 0.533. The summed E-state index contributed by atoms with van der Waals surface area (Å²) in [4.78, 5) is 6.91. The molecule has 3 aromatic rings. The Labute approximate surface area is 226 Å². The summed E-state index contributed by atoms with van der Waals surface area (Å²) in [6.45, 7) is 3.94. The molecule has 1 saturated heterocycles. The van der Waals surface area contributed by atoms with Gasteiger partial charge in [-0.05, 0) is 61.6 Å². The van der Waals surface area contributed by atoms with Gasteiger partial charge in [0.05, 0.1) is 19.2 Å². The number of rotatable bonds is 10. The molecule has 3 heterocycles. The van der Waals surface area contributed by atoms with Crippen molar-refractivity contribution in [3.8, 4) is 0 Å². The Hall–Kier alpha value is -2.46. The number of para-hydroxylation sites is 1. The maximum Gasteiger partial charge on any atom is 0.283 e. The molecule has 2 aromatic carbocycles. The van der Waals surface area contributed by atoms with E-state index in [-0.39, 0.29) is 18.1 Å². The van der Waals surface area contributed by atoms with Gasteiger partial charge in [-0.1, -0.05) is 31.5 Å². The molecule has 1 fully saturated rings. The van der Waals surface area contributed by atoms with E-state index in [9.17, 15) is 19.0 Å². The fourth-order valence-electron chi connectivity index (χ4n) is 6.42. The van der Waals surface area contributed by atoms with Gasteiger partial charge in [0, 0.05) is 47.2 Å². The van der Waals surface area contributed by atoms with Crippen LogP contribution in [0.1, 0.15) is 61.0 Å². The minimum absolute atomic E-state index is 0.0891. The summed E-state index contributed by atoms with van der Waals surface area (Å²) in [7, 11) is 0. The van der Waals surface area contributed by atoms with Crippen LogP contribution >= 0.6 is 0 Å². The number of hydrogen-bond acceptors (Lipinski definition) is 4. The van der Waals surface area contributed by atoms with E-state index in [1.165, 1.54) is 17.0 Å². The van der Waals surface area contributed by atoms with Crippen LogP contribution in [0, 0.1) is 17.6 Å². The average molecular weight is 548 g/mol. The van der Waals surface area contributed by atoms with Crippen molar-refractivity contribution in [3.05, 3.63) is 70.4 Å². The predicted molar refractivity (Wildman–Crippen MR) is 143 cm³/mol. The lowest BCUT2D eigenvalue weighted by molar-refractivity contribution is -0.0869. The number of alkyl halides is 2. The van der Waals surface area contributed by atoms with Gasteiger partial charge in [0.1, 0.15) is 18.2 Å². The van der Waals surface area contributed by atoms with E-state index in [4.69, 9.17) is 0 Å². The highest BCUT2D eigenvalue weighted by Gasteiger charge is 2.44. The Balaban J connectivity index is 1.54. The molecule has 2 aliphatic heterocycles. The summed E-state index contributed by atoms with van der Waals surface area (Å²) in [5.41, 5.74) is 2.18. The fourth-order valence-corrected chi connectivity index (χ4v) is 6.42. The van der Waals surface area contributed by atoms with Gasteiger partial charge in [0.25, 0.3) is 5.92 Å². The molecule has 9 heteroatoms. The number of H-pyrrole nitrogens is 1. The van der Waals surface area contributed by atoms with E-state index < -0.39 is 48.7 Å². The van der Waals surface area contributed by atoms with Crippen molar-refractivity contribution >= 4 is 10.9 Å². The summed E-state index contributed by atoms with van der Waals surface area (Å²) in [5.74, 6) is -5.42. The Kier molecular flexibility index (Phi) is 8.06. The number of likely N-dealkylation sites (tertiary alicyclic amines) is 1. The van der Waals surface area contributed by atoms with Crippen molar-refractivity contribution in [2.45, 2.75) is 57.0 Å². The van der Waals surface area contributed by atoms with Crippen LogP contribution in [-0.2, 0) is 6.42 Å². The number of aromatic nitrogens is 1. The van der Waals surface area contributed by atoms with Crippen molar-refractivity contribution in [1.82, 2.24) is 14.8 Å². The molecule has 0 radical (unpaired) electrons. The monoisotopic (exact) mass is 547 g/mol. The van der Waals surface area contributed by atoms with Gasteiger partial charge in [-0.25, -0.2) is 17.6 Å². The molecule has 1 unspecified atom stereocenters. The number of aromatic amines is 1. The normalized spacial score (nSPS) is 21.7. The Bertz CT molecular complexity index is 1280. The van der Waals surface area contributed by atoms with Gasteiger partial charge >= 0.3 is 0 Å². The van der Waals surface area contributed by atoms with Gasteiger partial charge in [-0.2, -0.15) is 0 Å². The molecule has 3 N–H and O–H groups in total. The third-order valence-corrected chi connectivity index (χ3v) is 8.54. The third-order valence-electron chi connectivity index (χ3n) is 8.54. The van der Waals surface area contributed by atoms with Crippen LogP contribution in [0.3, 0.4) is 0 Å². The molecule has 3 atom stereocenters. The number of fused-ring (bicyclic) bond motifs is 3. The van der Waals surface area contributed by atoms with Gasteiger partial charge in [-0.3, -0.25) is 4.90 Å². The van der Waals surface area contributed by atoms with Gasteiger partial charge < -0.3 is 20.1 Å². The number of aliphatic hydroxyl groups is 2. The number of halogens is 4. The van der Waals surface area contributed by atoms with Crippen molar-refractivity contribution in [1.29, 1.82) is 0 Å². The molecule has 5 rings (SSSR count). The van der Waals surface area contributed by atoms with Crippen LogP contribution in [0.2, 0.25) is 0 Å². The van der Waals surface area contributed by atoms with Gasteiger partial charge in [0.2, 0.25) is 0 Å². The summed E-state index contributed by atoms with van der Waals surface area (Å²) < 4.78 is 61.0. The minimum atomic E-state index is -3.45. The average Bonchev–Trinajstić information content (AvgIpc) is 3.24. The zero-order chi connectivity index (χ0) is 27.9. The lowest BCUT2D eigenvalue weighted by atomic mass is 9.80. The summed E-state index contributed by atoms with van der Waals surface area (Å²) >= 11 is 0. The van der Waals surface area contributed by atoms with E-state index in [1.54, 1.807) is 6.92 Å². The van der Waals surface area contributed by atoms with Crippen LogP contribution in [0.4, 0.5) is 17.6 Å². The molecule has 39 heavy (non-hydrogen) atoms. The summed E-state index contributed by atoms with van der Waals surface area (Å²) in [6, 6.07) is 8.40. The molecular formula is C30H37F4N3O2. The van der Waals surface area contributed by atoms with Crippen LogP contribution in [0.5, 0.6) is 0 Å². The minimum Gasteiger partial charge on any atom is -0.396 e. The van der Waals surface area contributed by atoms with Crippen molar-refractivity contribution in [3.63, 3.8) is 0 Å². The largest absolute Gasteiger partial charge is 0.396 e. The van der Waals surface area contributed by atoms with Crippen LogP contribution in [0.15, 0.2) is 36.4 Å². The zero-order valence-electron chi connectivity index (χ0n) is 22.4. The number of nitrogens with one attached hydrogen (secondary N) is 1. The van der Waals surface area contributed by atoms with Gasteiger partial charge in [-0.15, -0.1) is 0 Å². The predicted octanol–water partition coefficient (Wildman–Crippen LogP) is 5.22. The molecular weight excluding hydrogens is 510 g/mol. The number of nitrogens with zero attached hydrogens (tertiary/aromatic N) is 2. The van der Waals surface area contributed by atoms with Crippen LogP contribution in [-0.4, -0.2) is 76.4 Å². The maximum atomic E-state index is 16.0. The molecule has 0 spiro atoms. The molecule has 212 valence electrons.